The molecule has 1 aromatic heterocycles. The summed E-state index contributed by atoms with van der Waals surface area (Å²) in [6.07, 6.45) is 1.51. The Morgan fingerprint density at radius 1 is 1.62 bits per heavy atom. The summed E-state index contributed by atoms with van der Waals surface area (Å²) in [6, 6.07) is 1.63. The second-order valence-corrected chi connectivity index (χ2v) is 3.59. The average molecular weight is 226 g/mol. The quantitative estimate of drug-likeness (QED) is 0.724. The summed E-state index contributed by atoms with van der Waals surface area (Å²) < 4.78 is 9.94. The molecule has 0 fully saturated rings. The molecule has 0 aliphatic heterocycles. The molecule has 1 N–H and O–H groups in total. The normalized spacial score (nSPS) is 10.8. The molecule has 0 bridgehead atoms. The van der Waals surface area contributed by atoms with E-state index in [2.05, 4.69) is 15.0 Å². The first-order chi connectivity index (χ1) is 7.69. The second kappa shape index (κ2) is 6.30. The van der Waals surface area contributed by atoms with Crippen molar-refractivity contribution in [1.82, 2.24) is 10.2 Å². The van der Waals surface area contributed by atoms with E-state index in [-0.39, 0.29) is 5.97 Å². The van der Waals surface area contributed by atoms with Crippen LogP contribution in [0, 0.1) is 0 Å². The smallest absolute Gasteiger partial charge is 0.341 e. The van der Waals surface area contributed by atoms with Crippen LogP contribution in [-0.4, -0.2) is 45.2 Å². The van der Waals surface area contributed by atoms with Gasteiger partial charge in [0.25, 0.3) is 0 Å². The van der Waals surface area contributed by atoms with E-state index in [0.29, 0.717) is 17.9 Å². The Morgan fingerprint density at radius 2 is 2.38 bits per heavy atom. The highest BCUT2D eigenvalue weighted by molar-refractivity contribution is 5.90. The molecule has 1 aromatic rings. The molecule has 0 saturated carbocycles. The summed E-state index contributed by atoms with van der Waals surface area (Å²) in [5.41, 5.74) is 0.499. The topological polar surface area (TPSA) is 54.7 Å². The standard InChI is InChI=1S/C11H18N2O3/c1-12-5-6-13(2)8-10-9(4-7-16-10)11(14)15-3/h4,7,12H,5-6,8H2,1-3H3. The first-order valence-electron chi connectivity index (χ1n) is 5.17. The third-order valence-electron chi connectivity index (χ3n) is 2.31. The van der Waals surface area contributed by atoms with Crippen molar-refractivity contribution in [2.75, 3.05) is 34.3 Å². The zero-order chi connectivity index (χ0) is 12.0. The van der Waals surface area contributed by atoms with E-state index in [0.717, 1.165) is 13.1 Å². The number of esters is 1. The highest BCUT2D eigenvalue weighted by Gasteiger charge is 2.15. The van der Waals surface area contributed by atoms with Crippen LogP contribution in [0.1, 0.15) is 16.1 Å². The van der Waals surface area contributed by atoms with Gasteiger partial charge in [0.15, 0.2) is 0 Å². The van der Waals surface area contributed by atoms with Crippen molar-refractivity contribution >= 4 is 5.97 Å². The zero-order valence-corrected chi connectivity index (χ0v) is 9.95. The highest BCUT2D eigenvalue weighted by Crippen LogP contribution is 2.13. The molecule has 0 aromatic carbocycles. The van der Waals surface area contributed by atoms with Gasteiger partial charge in [0.2, 0.25) is 0 Å². The van der Waals surface area contributed by atoms with E-state index in [4.69, 9.17) is 4.42 Å². The molecule has 1 heterocycles. The Labute approximate surface area is 95.4 Å². The Morgan fingerprint density at radius 3 is 3.00 bits per heavy atom. The molecule has 5 heteroatoms. The lowest BCUT2D eigenvalue weighted by Crippen LogP contribution is -2.27. The maximum atomic E-state index is 11.4. The molecule has 0 aliphatic rings. The second-order valence-electron chi connectivity index (χ2n) is 3.59. The third-order valence-corrected chi connectivity index (χ3v) is 2.31. The summed E-state index contributed by atoms with van der Waals surface area (Å²) in [7, 11) is 5.24. The van der Waals surface area contributed by atoms with Crippen molar-refractivity contribution in [3.63, 3.8) is 0 Å². The Kier molecular flexibility index (Phi) is 5.01. The number of ether oxygens (including phenoxy) is 1. The van der Waals surface area contributed by atoms with Gasteiger partial charge < -0.3 is 14.5 Å². The number of hydrogen-bond donors (Lipinski definition) is 1. The molecule has 0 atom stereocenters. The van der Waals surface area contributed by atoms with E-state index in [1.54, 1.807) is 6.07 Å². The van der Waals surface area contributed by atoms with Crippen LogP contribution in [0.15, 0.2) is 16.7 Å². The van der Waals surface area contributed by atoms with Gasteiger partial charge in [-0.2, -0.15) is 0 Å². The Bertz CT molecular complexity index is 336. The predicted octanol–water partition coefficient (Wildman–Crippen LogP) is 0.717. The number of furan rings is 1. The minimum Gasteiger partial charge on any atom is -0.467 e. The van der Waals surface area contributed by atoms with Crippen molar-refractivity contribution in [3.8, 4) is 0 Å². The van der Waals surface area contributed by atoms with Crippen molar-refractivity contribution in [1.29, 1.82) is 0 Å². The monoisotopic (exact) mass is 226 g/mol. The summed E-state index contributed by atoms with van der Waals surface area (Å²) in [6.45, 7) is 2.38. The van der Waals surface area contributed by atoms with Crippen molar-refractivity contribution in [3.05, 3.63) is 23.7 Å². The van der Waals surface area contributed by atoms with Gasteiger partial charge >= 0.3 is 5.97 Å². The summed E-state index contributed by atoms with van der Waals surface area (Å²) in [4.78, 5) is 13.4. The van der Waals surface area contributed by atoms with Crippen molar-refractivity contribution in [2.24, 2.45) is 0 Å². The molecular weight excluding hydrogens is 208 g/mol. The van der Waals surface area contributed by atoms with Crippen molar-refractivity contribution in [2.45, 2.75) is 6.54 Å². The summed E-state index contributed by atoms with van der Waals surface area (Å²) >= 11 is 0. The lowest BCUT2D eigenvalue weighted by atomic mass is 10.2. The number of rotatable bonds is 6. The number of methoxy groups -OCH3 is 1. The van der Waals surface area contributed by atoms with Gasteiger partial charge in [-0.05, 0) is 20.2 Å². The van der Waals surface area contributed by atoms with Crippen LogP contribution < -0.4 is 5.32 Å². The number of hydrogen-bond acceptors (Lipinski definition) is 5. The lowest BCUT2D eigenvalue weighted by molar-refractivity contribution is 0.0596. The lowest BCUT2D eigenvalue weighted by Gasteiger charge is -2.15. The molecule has 1 rings (SSSR count). The average Bonchev–Trinajstić information content (AvgIpc) is 2.73. The number of nitrogens with one attached hydrogen (secondary N) is 1. The van der Waals surface area contributed by atoms with Crippen LogP contribution in [0.4, 0.5) is 0 Å². The Balaban J connectivity index is 2.59. The molecule has 0 radical (unpaired) electrons. The van der Waals surface area contributed by atoms with Gasteiger partial charge in [-0.1, -0.05) is 0 Å². The van der Waals surface area contributed by atoms with Crippen LogP contribution >= 0.6 is 0 Å². The van der Waals surface area contributed by atoms with E-state index >= 15 is 0 Å². The van der Waals surface area contributed by atoms with Gasteiger partial charge in [0, 0.05) is 13.1 Å². The number of likely N-dealkylation sites (N-methyl/N-ethyl adjacent to an activating group) is 2. The minimum atomic E-state index is -0.356. The van der Waals surface area contributed by atoms with E-state index in [9.17, 15) is 4.79 Å². The molecule has 0 unspecified atom stereocenters. The minimum absolute atomic E-state index is 0.356. The first-order valence-corrected chi connectivity index (χ1v) is 5.17. The predicted molar refractivity (Wildman–Crippen MR) is 60.3 cm³/mol. The van der Waals surface area contributed by atoms with Crippen LogP contribution in [0.2, 0.25) is 0 Å². The maximum absolute atomic E-state index is 11.4. The maximum Gasteiger partial charge on any atom is 0.341 e. The van der Waals surface area contributed by atoms with Gasteiger partial charge in [-0.3, -0.25) is 4.90 Å². The van der Waals surface area contributed by atoms with Crippen LogP contribution in [0.5, 0.6) is 0 Å². The van der Waals surface area contributed by atoms with Gasteiger partial charge in [-0.15, -0.1) is 0 Å². The highest BCUT2D eigenvalue weighted by atomic mass is 16.5. The third kappa shape index (κ3) is 3.36. The SMILES string of the molecule is CNCCN(C)Cc1occc1C(=O)OC. The first kappa shape index (κ1) is 12.7. The van der Waals surface area contributed by atoms with E-state index in [1.165, 1.54) is 13.4 Å². The van der Waals surface area contributed by atoms with Crippen molar-refractivity contribution < 1.29 is 13.9 Å². The van der Waals surface area contributed by atoms with Crippen LogP contribution in [-0.2, 0) is 11.3 Å². The Hall–Kier alpha value is -1.33. The number of carbonyl (C=O) groups is 1. The largest absolute Gasteiger partial charge is 0.467 e. The molecule has 0 amide bonds. The molecule has 0 saturated heterocycles. The number of nitrogens with zero attached hydrogens (tertiary/aromatic N) is 1. The fourth-order valence-electron chi connectivity index (χ4n) is 1.38. The van der Waals surface area contributed by atoms with Gasteiger partial charge in [0.1, 0.15) is 11.3 Å². The van der Waals surface area contributed by atoms with Gasteiger partial charge in [-0.25, -0.2) is 4.79 Å². The van der Waals surface area contributed by atoms with Crippen LogP contribution in [0.3, 0.4) is 0 Å². The molecule has 90 valence electrons. The summed E-state index contributed by atoms with van der Waals surface area (Å²) in [5.74, 6) is 0.288. The fourth-order valence-corrected chi connectivity index (χ4v) is 1.38. The molecular formula is C11H18N2O3. The molecule has 5 nitrogen and oxygen atoms in total. The van der Waals surface area contributed by atoms with E-state index < -0.39 is 0 Å². The van der Waals surface area contributed by atoms with Crippen LogP contribution in [0.25, 0.3) is 0 Å². The summed E-state index contributed by atoms with van der Waals surface area (Å²) in [5, 5.41) is 3.06. The molecule has 0 aliphatic carbocycles. The molecule has 0 spiro atoms. The molecule has 16 heavy (non-hydrogen) atoms. The van der Waals surface area contributed by atoms with Gasteiger partial charge in [0.05, 0.1) is 19.9 Å². The fraction of sp³-hybridized carbons (Fsp3) is 0.545. The number of carbonyl (C=O) groups excluding carboxylic acids is 1. The zero-order valence-electron chi connectivity index (χ0n) is 9.95. The van der Waals surface area contributed by atoms with E-state index in [1.807, 2.05) is 14.1 Å².